The Balaban J connectivity index is -0.000000788. The highest BCUT2D eigenvalue weighted by atomic mass is 32.1. The van der Waals surface area contributed by atoms with Crippen LogP contribution in [0.2, 0.25) is 0 Å². The van der Waals surface area contributed by atoms with Crippen LogP contribution in [0.5, 0.6) is 0 Å². The number of carbonyl (C=O) groups excluding carboxylic acids is 5. The fourth-order valence-electron chi connectivity index (χ4n) is 1.81. The molecule has 0 aliphatic rings. The zero-order valence-electron chi connectivity index (χ0n) is 19.3. The lowest BCUT2D eigenvalue weighted by molar-refractivity contribution is -0.137. The Morgan fingerprint density at radius 2 is 1.59 bits per heavy atom. The van der Waals surface area contributed by atoms with Crippen LogP contribution >= 0.6 is 12.6 Å². The van der Waals surface area contributed by atoms with Crippen LogP contribution in [0.15, 0.2) is 0 Å². The number of aldehydes is 2. The van der Waals surface area contributed by atoms with E-state index in [0.29, 0.717) is 12.7 Å². The van der Waals surface area contributed by atoms with Gasteiger partial charge >= 0.3 is 5.97 Å². The van der Waals surface area contributed by atoms with Gasteiger partial charge in [-0.15, -0.1) is 0 Å². The molecule has 7 N–H and O–H groups in total. The molecule has 0 aromatic heterocycles. The standard InChI is InChI=1S/C13H22N4O6.C5H10OS.CH5N/c1-8(12(22)17-14-2)15-13(23)9(6-7-18)16-10(19)4-3-5-11(20)21;1-5(2,7)3-4-6;1-2/h7-9,14H,3-6H2,1-2H3,(H,15,23)(H,16,19)(H,17,22)(H,20,21);4,7H,3H2,1-2H3;2H2,1H3/t8-,9?;;/m0../s1. The lowest BCUT2D eigenvalue weighted by Crippen LogP contribution is -2.54. The smallest absolute Gasteiger partial charge is 0.303 e. The van der Waals surface area contributed by atoms with Crippen molar-refractivity contribution in [3.63, 3.8) is 0 Å². The molecule has 0 radical (unpaired) electrons. The second-order valence-corrected chi connectivity index (χ2v) is 8.13. The van der Waals surface area contributed by atoms with E-state index in [-0.39, 0.29) is 30.4 Å². The van der Waals surface area contributed by atoms with E-state index < -0.39 is 35.8 Å². The molecular formula is C19H37N5O7S. The lowest BCUT2D eigenvalue weighted by atomic mass is 10.1. The summed E-state index contributed by atoms with van der Waals surface area (Å²) >= 11 is 4.10. The first kappa shape index (κ1) is 34.1. The number of thiol groups is 1. The third-order valence-corrected chi connectivity index (χ3v) is 3.54. The Kier molecular flexibility index (Phi) is 21.7. The fraction of sp³-hybridized carbons (Fsp3) is 0.684. The minimum absolute atomic E-state index is 0.0786. The van der Waals surface area contributed by atoms with E-state index in [1.54, 1.807) is 0 Å². The van der Waals surface area contributed by atoms with Gasteiger partial charge < -0.3 is 31.1 Å². The number of carboxylic acid groups (broad SMARTS) is 1. The third kappa shape index (κ3) is 22.2. The molecule has 0 heterocycles. The molecule has 0 saturated heterocycles. The SMILES string of the molecule is CC(C)(S)CC=O.CN.CNNC(=O)[C@H](C)NC(=O)C(CC=O)NC(=O)CCCC(=O)O. The molecule has 0 aromatic carbocycles. The Morgan fingerprint density at radius 3 is 1.97 bits per heavy atom. The number of hydrogen-bond acceptors (Lipinski definition) is 9. The molecule has 0 saturated carbocycles. The highest BCUT2D eigenvalue weighted by Crippen LogP contribution is 2.13. The van der Waals surface area contributed by atoms with Crippen LogP contribution in [0.1, 0.15) is 52.9 Å². The zero-order chi connectivity index (χ0) is 25.7. The number of hydrogen-bond donors (Lipinski definition) is 7. The summed E-state index contributed by atoms with van der Waals surface area (Å²) in [7, 11) is 2.99. The van der Waals surface area contributed by atoms with Gasteiger partial charge in [0.2, 0.25) is 11.8 Å². The lowest BCUT2D eigenvalue weighted by Gasteiger charge is -2.19. The Bertz CT molecular complexity index is 597. The summed E-state index contributed by atoms with van der Waals surface area (Å²) in [5.41, 5.74) is 9.20. The fourth-order valence-corrected chi connectivity index (χ4v) is 1.88. The van der Waals surface area contributed by atoms with Crippen LogP contribution < -0.4 is 27.2 Å². The molecule has 186 valence electrons. The number of hydrazine groups is 1. The largest absolute Gasteiger partial charge is 0.481 e. The average molecular weight is 480 g/mol. The maximum atomic E-state index is 12.0. The summed E-state index contributed by atoms with van der Waals surface area (Å²) < 4.78 is -0.123. The highest BCUT2D eigenvalue weighted by molar-refractivity contribution is 7.81. The Hall–Kier alpha value is -2.51. The molecule has 0 aromatic rings. The molecule has 13 heteroatoms. The van der Waals surface area contributed by atoms with Gasteiger partial charge in [0.1, 0.15) is 24.7 Å². The van der Waals surface area contributed by atoms with Crippen LogP contribution in [0.25, 0.3) is 0 Å². The maximum absolute atomic E-state index is 12.0. The van der Waals surface area contributed by atoms with E-state index in [1.807, 2.05) is 13.8 Å². The van der Waals surface area contributed by atoms with E-state index in [9.17, 15) is 28.8 Å². The van der Waals surface area contributed by atoms with Gasteiger partial charge in [0.05, 0.1) is 0 Å². The predicted octanol–water partition coefficient (Wildman–Crippen LogP) is -1.07. The topological polar surface area (TPSA) is 197 Å². The van der Waals surface area contributed by atoms with E-state index in [0.717, 1.165) is 6.29 Å². The monoisotopic (exact) mass is 479 g/mol. The van der Waals surface area contributed by atoms with Crippen molar-refractivity contribution in [3.8, 4) is 0 Å². The van der Waals surface area contributed by atoms with E-state index in [4.69, 9.17) is 5.11 Å². The number of carboxylic acids is 1. The molecular weight excluding hydrogens is 442 g/mol. The number of nitrogens with two attached hydrogens (primary N) is 1. The number of rotatable bonds is 13. The summed E-state index contributed by atoms with van der Waals surface area (Å²) in [6, 6.07) is -1.98. The number of amides is 3. The van der Waals surface area contributed by atoms with Crippen molar-refractivity contribution in [3.05, 3.63) is 0 Å². The molecule has 0 rings (SSSR count). The molecule has 12 nitrogen and oxygen atoms in total. The molecule has 0 aliphatic carbocycles. The zero-order valence-corrected chi connectivity index (χ0v) is 20.2. The number of nitrogens with one attached hydrogen (secondary N) is 4. The second-order valence-electron chi connectivity index (χ2n) is 6.92. The first-order chi connectivity index (χ1) is 14.9. The number of carbonyl (C=O) groups is 6. The van der Waals surface area contributed by atoms with Crippen molar-refractivity contribution in [2.45, 2.75) is 69.7 Å². The summed E-state index contributed by atoms with van der Waals surface area (Å²) in [6.45, 7) is 5.26. The van der Waals surface area contributed by atoms with Crippen molar-refractivity contribution < 1.29 is 33.9 Å². The summed E-state index contributed by atoms with van der Waals surface area (Å²) in [5, 5.41) is 13.2. The molecule has 1 unspecified atom stereocenters. The van der Waals surface area contributed by atoms with Gasteiger partial charge in [0.15, 0.2) is 0 Å². The van der Waals surface area contributed by atoms with Crippen LogP contribution in [0.3, 0.4) is 0 Å². The molecule has 0 aliphatic heterocycles. The number of aliphatic carboxylic acids is 1. The Morgan fingerprint density at radius 1 is 1.03 bits per heavy atom. The van der Waals surface area contributed by atoms with Gasteiger partial charge in [-0.3, -0.25) is 24.6 Å². The third-order valence-electron chi connectivity index (χ3n) is 3.36. The summed E-state index contributed by atoms with van der Waals surface area (Å²) in [6.07, 6.45) is 1.50. The van der Waals surface area contributed by atoms with Crippen LogP contribution in [0.4, 0.5) is 0 Å². The van der Waals surface area contributed by atoms with Crippen molar-refractivity contribution in [1.29, 1.82) is 0 Å². The molecule has 32 heavy (non-hydrogen) atoms. The van der Waals surface area contributed by atoms with Gasteiger partial charge in [-0.25, -0.2) is 5.43 Å². The van der Waals surface area contributed by atoms with Crippen molar-refractivity contribution in [1.82, 2.24) is 21.5 Å². The van der Waals surface area contributed by atoms with Crippen LogP contribution in [-0.4, -0.2) is 72.3 Å². The molecule has 0 spiro atoms. The van der Waals surface area contributed by atoms with Gasteiger partial charge in [0.25, 0.3) is 5.91 Å². The molecule has 3 amide bonds. The van der Waals surface area contributed by atoms with Gasteiger partial charge in [-0.2, -0.15) is 12.6 Å². The normalized spacial score (nSPS) is 11.7. The first-order valence-corrected chi connectivity index (χ1v) is 10.3. The minimum Gasteiger partial charge on any atom is -0.481 e. The first-order valence-electron chi connectivity index (χ1n) is 9.83. The highest BCUT2D eigenvalue weighted by Gasteiger charge is 2.24. The van der Waals surface area contributed by atoms with E-state index in [1.165, 1.54) is 21.0 Å². The van der Waals surface area contributed by atoms with Crippen LogP contribution in [-0.2, 0) is 28.8 Å². The van der Waals surface area contributed by atoms with E-state index >= 15 is 0 Å². The predicted molar refractivity (Wildman–Crippen MR) is 123 cm³/mol. The summed E-state index contributed by atoms with van der Waals surface area (Å²) in [4.78, 5) is 65.9. The minimum atomic E-state index is -1.12. The maximum Gasteiger partial charge on any atom is 0.303 e. The van der Waals surface area contributed by atoms with Crippen molar-refractivity contribution >= 4 is 48.9 Å². The Labute approximate surface area is 194 Å². The van der Waals surface area contributed by atoms with Crippen LogP contribution in [0, 0.1) is 0 Å². The van der Waals surface area contributed by atoms with Gasteiger partial charge in [0, 0.05) is 37.5 Å². The molecule has 2 atom stereocenters. The summed E-state index contributed by atoms with van der Waals surface area (Å²) in [5.74, 6) is -2.73. The second kappa shape index (κ2) is 20.4. The van der Waals surface area contributed by atoms with E-state index in [2.05, 4.69) is 39.8 Å². The molecule has 0 fully saturated rings. The van der Waals surface area contributed by atoms with Crippen molar-refractivity contribution in [2.24, 2.45) is 5.73 Å². The van der Waals surface area contributed by atoms with Crippen molar-refractivity contribution in [2.75, 3.05) is 14.1 Å². The van der Waals surface area contributed by atoms with Gasteiger partial charge in [-0.05, 0) is 20.4 Å². The average Bonchev–Trinajstić information content (AvgIpc) is 2.68. The molecule has 0 bridgehead atoms. The van der Waals surface area contributed by atoms with Gasteiger partial charge in [-0.1, -0.05) is 13.8 Å². The quantitative estimate of drug-likeness (QED) is 0.0976.